The van der Waals surface area contributed by atoms with E-state index in [1.54, 1.807) is 0 Å². The van der Waals surface area contributed by atoms with Crippen molar-refractivity contribution in [2.24, 2.45) is 0 Å². The summed E-state index contributed by atoms with van der Waals surface area (Å²) < 4.78 is 9.28. The molecule has 0 aromatic heterocycles. The van der Waals surface area contributed by atoms with Gasteiger partial charge in [0.25, 0.3) is 0 Å². The van der Waals surface area contributed by atoms with E-state index < -0.39 is 5.97 Å². The Morgan fingerprint density at radius 2 is 1.46 bits per heavy atom. The van der Waals surface area contributed by atoms with Crippen molar-refractivity contribution in [3.63, 3.8) is 0 Å². The van der Waals surface area contributed by atoms with E-state index in [1.165, 1.54) is 18.9 Å². The quantitative estimate of drug-likeness (QED) is 0.309. The third-order valence-corrected chi connectivity index (χ3v) is 2.96. The van der Waals surface area contributed by atoms with E-state index in [2.05, 4.69) is 68.6 Å². The molecule has 0 saturated carbocycles. The zero-order chi connectivity index (χ0) is 17.9. The van der Waals surface area contributed by atoms with E-state index in [1.807, 2.05) is 0 Å². The lowest BCUT2D eigenvalue weighted by Crippen LogP contribution is -2.03. The molecule has 0 aliphatic rings. The molecule has 0 unspecified atom stereocenters. The number of hydrogen-bond acceptors (Lipinski definition) is 5. The first-order valence-electron chi connectivity index (χ1n) is 6.64. The number of ether oxygens (including phenoxy) is 2. The molecule has 4 nitrogen and oxygen atoms in total. The van der Waals surface area contributed by atoms with Gasteiger partial charge in [0.15, 0.2) is 0 Å². The van der Waals surface area contributed by atoms with E-state index in [0.29, 0.717) is 17.9 Å². The van der Waals surface area contributed by atoms with Crippen molar-refractivity contribution in [3.8, 4) is 0 Å². The Morgan fingerprint density at radius 3 is 2.04 bits per heavy atom. The van der Waals surface area contributed by atoms with Gasteiger partial charge in [-0.25, -0.2) is 0 Å². The summed E-state index contributed by atoms with van der Waals surface area (Å²) in [5.74, 6) is 0.501. The maximum Gasteiger partial charge on any atom is 0.312 e. The fourth-order valence-electron chi connectivity index (χ4n) is 0.966. The van der Waals surface area contributed by atoms with Crippen LogP contribution in [0.4, 0.5) is 0 Å². The van der Waals surface area contributed by atoms with Crippen LogP contribution < -0.4 is 0 Å². The standard InChI is InChI=1S/C19H14O4S/c1-3-4-5-6-7-8-9-10-11-12-15-23-19(21)14-17-24-16-13-18(20)22-2/h15H,1,13-14,16-17H2,2H3. The third kappa shape index (κ3) is 15.2. The van der Waals surface area contributed by atoms with Crippen LogP contribution in [0.2, 0.25) is 0 Å². The number of carbonyl (C=O) groups is 2. The summed E-state index contributed by atoms with van der Waals surface area (Å²) in [6.45, 7) is 3.29. The van der Waals surface area contributed by atoms with E-state index in [-0.39, 0.29) is 12.4 Å². The second-order valence-electron chi connectivity index (χ2n) is 3.62. The molecule has 0 rings (SSSR count). The highest BCUT2D eigenvalue weighted by Gasteiger charge is 2.03. The van der Waals surface area contributed by atoms with E-state index >= 15 is 0 Å². The van der Waals surface area contributed by atoms with E-state index in [9.17, 15) is 9.59 Å². The van der Waals surface area contributed by atoms with Crippen LogP contribution in [0.3, 0.4) is 0 Å². The molecule has 0 amide bonds. The first-order chi connectivity index (χ1) is 11.7. The van der Waals surface area contributed by atoms with Crippen molar-refractivity contribution in [2.45, 2.75) is 12.8 Å². The molecule has 0 bridgehead atoms. The van der Waals surface area contributed by atoms with Gasteiger partial charge in [-0.3, -0.25) is 9.59 Å². The van der Waals surface area contributed by atoms with Crippen LogP contribution in [0.15, 0.2) is 70.2 Å². The summed E-state index contributed by atoms with van der Waals surface area (Å²) in [6.07, 6.45) is 1.63. The molecule has 0 heterocycles. The molecule has 0 N–H and O–H groups in total. The number of carbonyl (C=O) groups excluding carboxylic acids is 2. The number of esters is 2. The first kappa shape index (κ1) is 20.8. The fourth-order valence-corrected chi connectivity index (χ4v) is 1.79. The molecule has 0 spiro atoms. The Labute approximate surface area is 144 Å². The van der Waals surface area contributed by atoms with Crippen LogP contribution in [0, 0.1) is 0 Å². The molecule has 0 aromatic rings. The summed E-state index contributed by atoms with van der Waals surface area (Å²) in [5, 5.41) is 0. The van der Waals surface area contributed by atoms with Gasteiger partial charge in [-0.1, -0.05) is 5.73 Å². The highest BCUT2D eigenvalue weighted by molar-refractivity contribution is 7.99. The Morgan fingerprint density at radius 1 is 0.917 bits per heavy atom. The van der Waals surface area contributed by atoms with Crippen LogP contribution in [-0.2, 0) is 19.1 Å². The van der Waals surface area contributed by atoms with Gasteiger partial charge in [0.05, 0.1) is 20.0 Å². The molecule has 0 saturated heterocycles. The van der Waals surface area contributed by atoms with Crippen LogP contribution in [0.5, 0.6) is 0 Å². The molecule has 120 valence electrons. The molecule has 24 heavy (non-hydrogen) atoms. The third-order valence-electron chi connectivity index (χ3n) is 1.98. The zero-order valence-electron chi connectivity index (χ0n) is 13.2. The van der Waals surface area contributed by atoms with Gasteiger partial charge in [-0.2, -0.15) is 11.8 Å². The van der Waals surface area contributed by atoms with Crippen molar-refractivity contribution in [1.82, 2.24) is 0 Å². The lowest BCUT2D eigenvalue weighted by atomic mass is 10.5. The average Bonchev–Trinajstić information content (AvgIpc) is 2.59. The van der Waals surface area contributed by atoms with Crippen LogP contribution in [0.1, 0.15) is 12.8 Å². The summed E-state index contributed by atoms with van der Waals surface area (Å²) in [5.41, 5.74) is 24.5. The predicted octanol–water partition coefficient (Wildman–Crippen LogP) is 2.91. The van der Waals surface area contributed by atoms with Gasteiger partial charge in [0, 0.05) is 11.5 Å². The normalized spacial score (nSPS) is 7.04. The monoisotopic (exact) mass is 338 g/mol. The molecular formula is C19H14O4S. The van der Waals surface area contributed by atoms with Gasteiger partial charge in [-0.15, -0.1) is 0 Å². The van der Waals surface area contributed by atoms with E-state index in [0.717, 1.165) is 6.26 Å². The van der Waals surface area contributed by atoms with Gasteiger partial charge in [-0.05, 0) is 58.2 Å². The van der Waals surface area contributed by atoms with Crippen molar-refractivity contribution in [1.29, 1.82) is 0 Å². The van der Waals surface area contributed by atoms with Crippen LogP contribution in [0.25, 0.3) is 0 Å². The highest BCUT2D eigenvalue weighted by Crippen LogP contribution is 2.05. The van der Waals surface area contributed by atoms with Gasteiger partial charge in [0.2, 0.25) is 0 Å². The largest absolute Gasteiger partial charge is 0.469 e. The molecular weight excluding hydrogens is 324 g/mol. The lowest BCUT2D eigenvalue weighted by molar-refractivity contribution is -0.140. The molecule has 0 aliphatic carbocycles. The highest BCUT2D eigenvalue weighted by atomic mass is 32.2. The average molecular weight is 338 g/mol. The van der Waals surface area contributed by atoms with Crippen LogP contribution >= 0.6 is 11.8 Å². The fraction of sp³-hybridized carbons (Fsp3) is 0.263. The lowest BCUT2D eigenvalue weighted by Gasteiger charge is -1.99. The number of hydrogen-bond donors (Lipinski definition) is 0. The predicted molar refractivity (Wildman–Crippen MR) is 90.0 cm³/mol. The molecule has 0 radical (unpaired) electrons. The molecule has 0 aliphatic heterocycles. The summed E-state index contributed by atoms with van der Waals surface area (Å²) in [6, 6.07) is 0. The van der Waals surface area contributed by atoms with Crippen molar-refractivity contribution < 1.29 is 19.1 Å². The molecule has 5 heteroatoms. The van der Waals surface area contributed by atoms with Gasteiger partial charge in [0.1, 0.15) is 6.26 Å². The first-order valence-corrected chi connectivity index (χ1v) is 7.79. The Bertz CT molecular complexity index is 820. The van der Waals surface area contributed by atoms with Gasteiger partial charge >= 0.3 is 11.9 Å². The number of thioether (sulfide) groups is 1. The molecule has 0 aromatic carbocycles. The summed E-state index contributed by atoms with van der Waals surface area (Å²) in [7, 11) is 1.34. The van der Waals surface area contributed by atoms with Crippen molar-refractivity contribution in [2.75, 3.05) is 18.6 Å². The maximum absolute atomic E-state index is 11.3. The molecule has 0 fully saturated rings. The SMILES string of the molecule is C=C=C=C=C=C=C=C=C=C=C=COC(=O)CCSCCC(=O)OC. The summed E-state index contributed by atoms with van der Waals surface area (Å²) in [4.78, 5) is 22.2. The molecule has 0 atom stereocenters. The minimum Gasteiger partial charge on any atom is -0.469 e. The Kier molecular flexibility index (Phi) is 14.1. The van der Waals surface area contributed by atoms with Gasteiger partial charge < -0.3 is 9.47 Å². The second kappa shape index (κ2) is 16.2. The van der Waals surface area contributed by atoms with E-state index in [4.69, 9.17) is 4.74 Å². The number of rotatable bonds is 7. The maximum atomic E-state index is 11.3. The topological polar surface area (TPSA) is 52.6 Å². The van der Waals surface area contributed by atoms with Crippen molar-refractivity contribution >= 4 is 23.7 Å². The number of methoxy groups -OCH3 is 1. The summed E-state index contributed by atoms with van der Waals surface area (Å²) >= 11 is 1.47. The Balaban J connectivity index is 4.28. The minimum atomic E-state index is -0.399. The Hall–Kier alpha value is -3.17. The second-order valence-corrected chi connectivity index (χ2v) is 4.84. The zero-order valence-corrected chi connectivity index (χ0v) is 14.0. The van der Waals surface area contributed by atoms with Crippen molar-refractivity contribution in [3.05, 3.63) is 70.2 Å². The van der Waals surface area contributed by atoms with Crippen LogP contribution in [-0.4, -0.2) is 30.6 Å². The minimum absolute atomic E-state index is 0.232. The smallest absolute Gasteiger partial charge is 0.312 e.